The van der Waals surface area contributed by atoms with Crippen LogP contribution in [0.25, 0.3) is 0 Å². The third-order valence-corrected chi connectivity index (χ3v) is 2.29. The summed E-state index contributed by atoms with van der Waals surface area (Å²) in [6.45, 7) is 6.40. The lowest BCUT2D eigenvalue weighted by Crippen LogP contribution is -2.42. The van der Waals surface area contributed by atoms with Crippen LogP contribution in [0.2, 0.25) is 0 Å². The van der Waals surface area contributed by atoms with Gasteiger partial charge in [0.2, 0.25) is 0 Å². The lowest BCUT2D eigenvalue weighted by atomic mass is 10.1. The van der Waals surface area contributed by atoms with Crippen molar-refractivity contribution in [2.24, 2.45) is 0 Å². The molecule has 0 N–H and O–H groups in total. The number of ether oxygens (including phenoxy) is 4. The third kappa shape index (κ3) is 5.85. The maximum absolute atomic E-state index is 11.0. The first-order chi connectivity index (χ1) is 8.88. The Kier molecular flexibility index (Phi) is 5.98. The summed E-state index contributed by atoms with van der Waals surface area (Å²) in [7, 11) is 0. The zero-order chi connectivity index (χ0) is 14.4. The Labute approximate surface area is 112 Å². The van der Waals surface area contributed by atoms with Gasteiger partial charge in [-0.3, -0.25) is 9.59 Å². The summed E-state index contributed by atoms with van der Waals surface area (Å²) in [5, 5.41) is 0. The molecule has 3 atom stereocenters. The number of rotatable bonds is 5. The molecular weight excluding hydrogens is 252 g/mol. The molecule has 19 heavy (non-hydrogen) atoms. The zero-order valence-electron chi connectivity index (χ0n) is 11.6. The summed E-state index contributed by atoms with van der Waals surface area (Å²) in [4.78, 5) is 21.8. The van der Waals surface area contributed by atoms with Crippen LogP contribution in [0, 0.1) is 0 Å². The molecule has 6 heteroatoms. The molecule has 108 valence electrons. The van der Waals surface area contributed by atoms with E-state index in [9.17, 15) is 9.59 Å². The first kappa shape index (κ1) is 15.7. The molecule has 6 nitrogen and oxygen atoms in total. The van der Waals surface area contributed by atoms with Crippen LogP contribution in [0.15, 0.2) is 12.2 Å². The molecule has 0 radical (unpaired) electrons. The van der Waals surface area contributed by atoms with Gasteiger partial charge in [0.05, 0.1) is 6.10 Å². The van der Waals surface area contributed by atoms with Crippen LogP contribution in [0.4, 0.5) is 0 Å². The summed E-state index contributed by atoms with van der Waals surface area (Å²) in [5.41, 5.74) is 0. The van der Waals surface area contributed by atoms with Crippen LogP contribution < -0.4 is 0 Å². The van der Waals surface area contributed by atoms with Gasteiger partial charge < -0.3 is 18.9 Å². The van der Waals surface area contributed by atoms with E-state index in [0.717, 1.165) is 0 Å². The molecule has 1 aliphatic heterocycles. The van der Waals surface area contributed by atoms with Crippen LogP contribution in [0.5, 0.6) is 0 Å². The van der Waals surface area contributed by atoms with E-state index in [1.54, 1.807) is 12.2 Å². The quantitative estimate of drug-likeness (QED) is 0.553. The van der Waals surface area contributed by atoms with Crippen molar-refractivity contribution >= 4 is 11.9 Å². The summed E-state index contributed by atoms with van der Waals surface area (Å²) in [6, 6.07) is 0. The molecule has 0 fully saturated rings. The maximum Gasteiger partial charge on any atom is 0.303 e. The Bertz CT molecular complexity index is 349. The monoisotopic (exact) mass is 272 g/mol. The van der Waals surface area contributed by atoms with Crippen LogP contribution in [-0.4, -0.2) is 43.1 Å². The first-order valence-electron chi connectivity index (χ1n) is 6.18. The Hall–Kier alpha value is -1.40. The van der Waals surface area contributed by atoms with Gasteiger partial charge in [0.25, 0.3) is 0 Å². The number of esters is 2. The average Bonchev–Trinajstić information content (AvgIpc) is 2.27. The number of carbonyl (C=O) groups excluding carboxylic acids is 2. The maximum atomic E-state index is 11.0. The molecule has 0 saturated carbocycles. The van der Waals surface area contributed by atoms with Gasteiger partial charge in [-0.2, -0.15) is 0 Å². The second-order valence-electron chi connectivity index (χ2n) is 4.49. The number of carbonyl (C=O) groups is 2. The highest BCUT2D eigenvalue weighted by Crippen LogP contribution is 2.18. The van der Waals surface area contributed by atoms with Gasteiger partial charge in [-0.1, -0.05) is 0 Å². The van der Waals surface area contributed by atoms with Crippen LogP contribution in [0.1, 0.15) is 27.7 Å². The van der Waals surface area contributed by atoms with E-state index in [-0.39, 0.29) is 12.7 Å². The van der Waals surface area contributed by atoms with Crippen molar-refractivity contribution in [1.82, 2.24) is 0 Å². The molecule has 0 amide bonds. The first-order valence-corrected chi connectivity index (χ1v) is 6.18. The van der Waals surface area contributed by atoms with Gasteiger partial charge in [0.1, 0.15) is 18.8 Å². The van der Waals surface area contributed by atoms with Crippen molar-refractivity contribution in [3.63, 3.8) is 0 Å². The minimum Gasteiger partial charge on any atom is -0.463 e. The summed E-state index contributed by atoms with van der Waals surface area (Å²) < 4.78 is 21.1. The van der Waals surface area contributed by atoms with Gasteiger partial charge in [-0.05, 0) is 26.0 Å². The van der Waals surface area contributed by atoms with E-state index < -0.39 is 30.4 Å². The topological polar surface area (TPSA) is 71.1 Å². The van der Waals surface area contributed by atoms with Crippen LogP contribution in [-0.2, 0) is 28.5 Å². The highest BCUT2D eigenvalue weighted by atomic mass is 16.7. The van der Waals surface area contributed by atoms with Gasteiger partial charge >= 0.3 is 11.9 Å². The molecule has 0 aliphatic carbocycles. The van der Waals surface area contributed by atoms with Gasteiger partial charge in [0, 0.05) is 13.8 Å². The zero-order valence-corrected chi connectivity index (χ0v) is 11.6. The highest BCUT2D eigenvalue weighted by Gasteiger charge is 2.31. The lowest BCUT2D eigenvalue weighted by Gasteiger charge is -2.31. The van der Waals surface area contributed by atoms with E-state index in [0.29, 0.717) is 0 Å². The van der Waals surface area contributed by atoms with Crippen LogP contribution in [0.3, 0.4) is 0 Å². The summed E-state index contributed by atoms with van der Waals surface area (Å²) in [6.07, 6.45) is 1.68. The molecule has 0 saturated heterocycles. The van der Waals surface area contributed by atoms with E-state index in [1.807, 2.05) is 13.8 Å². The number of hydrogen-bond donors (Lipinski definition) is 0. The average molecular weight is 272 g/mol. The van der Waals surface area contributed by atoms with Gasteiger partial charge in [-0.15, -0.1) is 0 Å². The standard InChI is InChI=1S/C13H20O6/c1-8(2)17-13-6-5-11(18-10(4)15)12(19-13)7-16-9(3)14/h5-6,8,11-13H,7H2,1-4H3/t11-,12-,13?/m1/s1. The smallest absolute Gasteiger partial charge is 0.303 e. The minimum atomic E-state index is -0.580. The van der Waals surface area contributed by atoms with E-state index >= 15 is 0 Å². The van der Waals surface area contributed by atoms with E-state index in [1.165, 1.54) is 13.8 Å². The molecule has 0 bridgehead atoms. The normalized spacial score (nSPS) is 26.3. The summed E-state index contributed by atoms with van der Waals surface area (Å²) >= 11 is 0. The highest BCUT2D eigenvalue weighted by molar-refractivity contribution is 5.66. The molecule has 1 heterocycles. The largest absolute Gasteiger partial charge is 0.463 e. The predicted molar refractivity (Wildman–Crippen MR) is 66.2 cm³/mol. The molecule has 0 aromatic heterocycles. The van der Waals surface area contributed by atoms with Crippen LogP contribution >= 0.6 is 0 Å². The van der Waals surface area contributed by atoms with Crippen molar-refractivity contribution in [2.75, 3.05) is 6.61 Å². The van der Waals surface area contributed by atoms with Gasteiger partial charge in [-0.25, -0.2) is 0 Å². The molecule has 1 rings (SSSR count). The SMILES string of the molecule is CC(=O)OC[C@H]1OC(OC(C)C)C=C[C@H]1OC(C)=O. The minimum absolute atomic E-state index is 0.00528. The molecule has 0 aromatic rings. The van der Waals surface area contributed by atoms with Crippen molar-refractivity contribution in [1.29, 1.82) is 0 Å². The summed E-state index contributed by atoms with van der Waals surface area (Å²) in [5.74, 6) is -0.838. The molecule has 1 aliphatic rings. The molecule has 1 unspecified atom stereocenters. The molecule has 0 aromatic carbocycles. The van der Waals surface area contributed by atoms with Crippen molar-refractivity contribution in [3.8, 4) is 0 Å². The van der Waals surface area contributed by atoms with E-state index in [2.05, 4.69) is 0 Å². The fourth-order valence-electron chi connectivity index (χ4n) is 1.61. The Balaban J connectivity index is 2.65. The third-order valence-electron chi connectivity index (χ3n) is 2.29. The predicted octanol–water partition coefficient (Wildman–Crippen LogP) is 1.19. The Morgan fingerprint density at radius 2 is 1.89 bits per heavy atom. The van der Waals surface area contributed by atoms with Crippen molar-refractivity contribution < 1.29 is 28.5 Å². The Morgan fingerprint density at radius 3 is 2.42 bits per heavy atom. The second kappa shape index (κ2) is 7.25. The van der Waals surface area contributed by atoms with Crippen molar-refractivity contribution in [2.45, 2.75) is 52.3 Å². The van der Waals surface area contributed by atoms with Gasteiger partial charge in [0.15, 0.2) is 6.29 Å². The number of hydrogen-bond acceptors (Lipinski definition) is 6. The van der Waals surface area contributed by atoms with E-state index in [4.69, 9.17) is 18.9 Å². The fourth-order valence-corrected chi connectivity index (χ4v) is 1.61. The molecule has 0 spiro atoms. The lowest BCUT2D eigenvalue weighted by molar-refractivity contribution is -0.205. The molecular formula is C13H20O6. The second-order valence-corrected chi connectivity index (χ2v) is 4.49. The Morgan fingerprint density at radius 1 is 1.21 bits per heavy atom. The fraction of sp³-hybridized carbons (Fsp3) is 0.692. The van der Waals surface area contributed by atoms with Crippen molar-refractivity contribution in [3.05, 3.63) is 12.2 Å².